The molecule has 2 heterocycles. The number of halogens is 1. The van der Waals surface area contributed by atoms with Gasteiger partial charge in [0, 0.05) is 0 Å². The van der Waals surface area contributed by atoms with E-state index in [4.69, 9.17) is 16.0 Å². The highest BCUT2D eigenvalue weighted by atomic mass is 35.5. The van der Waals surface area contributed by atoms with Crippen LogP contribution in [0, 0.1) is 6.92 Å². The molecule has 0 saturated heterocycles. The van der Waals surface area contributed by atoms with Crippen molar-refractivity contribution < 1.29 is 4.42 Å². The Hall–Kier alpha value is -1.36. The molecule has 14 heavy (non-hydrogen) atoms. The zero-order valence-electron chi connectivity index (χ0n) is 7.74. The van der Waals surface area contributed by atoms with Crippen LogP contribution in [-0.4, -0.2) is 14.8 Å². The van der Waals surface area contributed by atoms with Crippen molar-refractivity contribution in [3.8, 4) is 0 Å². The second kappa shape index (κ2) is 3.09. The molecular weight excluding hydrogens is 206 g/mol. The molecule has 5 nitrogen and oxygen atoms in total. The van der Waals surface area contributed by atoms with Gasteiger partial charge in [0.05, 0.1) is 5.69 Å². The number of hydrogen-bond acceptors (Lipinski definition) is 4. The average molecular weight is 214 g/mol. The second-order valence-electron chi connectivity index (χ2n) is 2.89. The highest BCUT2D eigenvalue weighted by Crippen LogP contribution is 2.15. The van der Waals surface area contributed by atoms with Gasteiger partial charge in [0.15, 0.2) is 10.7 Å². The van der Waals surface area contributed by atoms with Crippen molar-refractivity contribution in [2.24, 2.45) is 0 Å². The minimum Gasteiger partial charge on any atom is -0.423 e. The van der Waals surface area contributed by atoms with Gasteiger partial charge in [-0.2, -0.15) is 4.52 Å². The Kier molecular flexibility index (Phi) is 2.03. The van der Waals surface area contributed by atoms with Crippen molar-refractivity contribution >= 4 is 17.1 Å². The quantitative estimate of drug-likeness (QED) is 0.714. The monoisotopic (exact) mass is 213 g/mol. The molecule has 2 aromatic heterocycles. The minimum absolute atomic E-state index is 0.284. The summed E-state index contributed by atoms with van der Waals surface area (Å²) in [4.78, 5) is 11.5. The summed E-state index contributed by atoms with van der Waals surface area (Å²) in [7, 11) is 0. The highest BCUT2D eigenvalue weighted by molar-refractivity contribution is 6.30. The molecule has 0 fully saturated rings. The van der Waals surface area contributed by atoms with Crippen LogP contribution in [0.25, 0.3) is 5.52 Å². The highest BCUT2D eigenvalue weighted by Gasteiger charge is 2.14. The van der Waals surface area contributed by atoms with Gasteiger partial charge in [-0.3, -0.25) is 0 Å². The van der Waals surface area contributed by atoms with E-state index < -0.39 is 5.63 Å². The van der Waals surface area contributed by atoms with E-state index in [2.05, 4.69) is 10.3 Å². The molecule has 0 aromatic carbocycles. The van der Waals surface area contributed by atoms with Crippen molar-refractivity contribution in [1.82, 2.24) is 14.8 Å². The van der Waals surface area contributed by atoms with Gasteiger partial charge in [-0.15, -0.1) is 5.10 Å². The Bertz CT molecular complexity index is 543. The third-order valence-electron chi connectivity index (χ3n) is 1.99. The number of rotatable bonds is 1. The van der Waals surface area contributed by atoms with E-state index in [1.807, 2.05) is 6.92 Å². The van der Waals surface area contributed by atoms with Gasteiger partial charge in [-0.25, -0.2) is 4.79 Å². The lowest BCUT2D eigenvalue weighted by Gasteiger charge is -1.97. The first-order valence-corrected chi connectivity index (χ1v) is 4.56. The summed E-state index contributed by atoms with van der Waals surface area (Å²) in [5.41, 5.74) is 0.470. The van der Waals surface area contributed by atoms with Crippen LogP contribution in [0.3, 0.4) is 0 Å². The van der Waals surface area contributed by atoms with E-state index in [9.17, 15) is 4.79 Å². The maximum Gasteiger partial charge on any atom is 0.364 e. The van der Waals surface area contributed by atoms with Gasteiger partial charge in [-0.1, -0.05) is 23.7 Å². The van der Waals surface area contributed by atoms with Crippen LogP contribution in [-0.2, 0) is 6.42 Å². The third-order valence-corrected chi connectivity index (χ3v) is 2.42. The zero-order valence-corrected chi connectivity index (χ0v) is 8.50. The fraction of sp³-hybridized carbons (Fsp3) is 0.375. The molecule has 0 spiro atoms. The average Bonchev–Trinajstić information content (AvgIpc) is 2.58. The van der Waals surface area contributed by atoms with E-state index in [1.165, 1.54) is 4.52 Å². The van der Waals surface area contributed by atoms with Gasteiger partial charge in [0.2, 0.25) is 0 Å². The molecule has 0 aliphatic heterocycles. The Morgan fingerprint density at radius 2 is 2.29 bits per heavy atom. The van der Waals surface area contributed by atoms with E-state index >= 15 is 0 Å². The van der Waals surface area contributed by atoms with Gasteiger partial charge >= 0.3 is 5.63 Å². The Balaban J connectivity index is 2.97. The van der Waals surface area contributed by atoms with Crippen LogP contribution in [0.4, 0.5) is 0 Å². The van der Waals surface area contributed by atoms with Crippen LogP contribution in [0.2, 0.25) is 5.15 Å². The predicted octanol–water partition coefficient (Wildman–Crippen LogP) is 1.21. The SMILES string of the molecule is CCc1nnn2c(Cl)c(C)oc(=O)c12. The molecule has 0 atom stereocenters. The van der Waals surface area contributed by atoms with Crippen LogP contribution >= 0.6 is 11.6 Å². The molecular formula is C8H8ClN3O2. The molecule has 0 aliphatic carbocycles. The molecule has 74 valence electrons. The summed E-state index contributed by atoms with van der Waals surface area (Å²) in [5.74, 6) is 0.344. The molecule has 0 saturated carbocycles. The van der Waals surface area contributed by atoms with Crippen molar-refractivity contribution in [3.05, 3.63) is 27.0 Å². The molecule has 0 N–H and O–H groups in total. The summed E-state index contributed by atoms with van der Waals surface area (Å²) < 4.78 is 6.24. The summed E-state index contributed by atoms with van der Waals surface area (Å²) in [6, 6.07) is 0. The van der Waals surface area contributed by atoms with Crippen molar-refractivity contribution in [3.63, 3.8) is 0 Å². The lowest BCUT2D eigenvalue weighted by Crippen LogP contribution is -2.08. The van der Waals surface area contributed by atoms with E-state index in [0.29, 0.717) is 23.4 Å². The number of fused-ring (bicyclic) bond motifs is 1. The molecule has 2 rings (SSSR count). The molecule has 0 unspecified atom stereocenters. The molecule has 0 aliphatic rings. The van der Waals surface area contributed by atoms with E-state index in [1.54, 1.807) is 6.92 Å². The third kappa shape index (κ3) is 1.13. The Morgan fingerprint density at radius 1 is 1.57 bits per heavy atom. The fourth-order valence-corrected chi connectivity index (χ4v) is 1.43. The Labute approximate surface area is 84.3 Å². The second-order valence-corrected chi connectivity index (χ2v) is 3.24. The largest absolute Gasteiger partial charge is 0.423 e. The summed E-state index contributed by atoms with van der Waals surface area (Å²) in [6.45, 7) is 3.49. The first-order chi connectivity index (χ1) is 6.65. The number of hydrogen-bond donors (Lipinski definition) is 0. The Morgan fingerprint density at radius 3 is 2.93 bits per heavy atom. The first kappa shape index (κ1) is 9.21. The number of aryl methyl sites for hydroxylation is 2. The van der Waals surface area contributed by atoms with Crippen molar-refractivity contribution in [2.45, 2.75) is 20.3 Å². The van der Waals surface area contributed by atoms with Crippen LogP contribution in [0.5, 0.6) is 0 Å². The maximum absolute atomic E-state index is 11.5. The van der Waals surface area contributed by atoms with Crippen molar-refractivity contribution in [2.75, 3.05) is 0 Å². The van der Waals surface area contributed by atoms with Crippen LogP contribution < -0.4 is 5.63 Å². The lowest BCUT2D eigenvalue weighted by molar-refractivity contribution is 0.474. The van der Waals surface area contributed by atoms with E-state index in [0.717, 1.165) is 0 Å². The molecule has 2 aromatic rings. The predicted molar refractivity (Wildman–Crippen MR) is 50.6 cm³/mol. The fourth-order valence-electron chi connectivity index (χ4n) is 1.27. The zero-order chi connectivity index (χ0) is 10.3. The summed E-state index contributed by atoms with van der Waals surface area (Å²) >= 11 is 5.90. The van der Waals surface area contributed by atoms with Crippen molar-refractivity contribution in [1.29, 1.82) is 0 Å². The van der Waals surface area contributed by atoms with Gasteiger partial charge in [0.1, 0.15) is 5.76 Å². The van der Waals surface area contributed by atoms with Crippen LogP contribution in [0.15, 0.2) is 9.21 Å². The normalized spacial score (nSPS) is 11.1. The maximum atomic E-state index is 11.5. The molecule has 0 radical (unpaired) electrons. The number of aromatic nitrogens is 3. The smallest absolute Gasteiger partial charge is 0.364 e. The lowest BCUT2D eigenvalue weighted by atomic mass is 10.3. The minimum atomic E-state index is -0.450. The standard InChI is InChI=1S/C8H8ClN3O2/c1-3-5-6-8(13)14-4(2)7(9)12(6)11-10-5/h3H2,1-2H3. The van der Waals surface area contributed by atoms with Gasteiger partial charge in [-0.05, 0) is 13.3 Å². The molecule has 0 amide bonds. The summed E-state index contributed by atoms with van der Waals surface area (Å²) in [5, 5.41) is 7.91. The van der Waals surface area contributed by atoms with Crippen LogP contribution in [0.1, 0.15) is 18.4 Å². The summed E-state index contributed by atoms with van der Waals surface area (Å²) in [6.07, 6.45) is 0.619. The first-order valence-electron chi connectivity index (χ1n) is 4.18. The topological polar surface area (TPSA) is 60.4 Å². The van der Waals surface area contributed by atoms with Gasteiger partial charge < -0.3 is 4.42 Å². The number of nitrogens with zero attached hydrogens (tertiary/aromatic N) is 3. The van der Waals surface area contributed by atoms with Gasteiger partial charge in [0.25, 0.3) is 0 Å². The molecule has 6 heteroatoms. The van der Waals surface area contributed by atoms with E-state index in [-0.39, 0.29) is 5.15 Å². The molecule has 0 bridgehead atoms.